The molecule has 0 aromatic heterocycles. The Morgan fingerprint density at radius 3 is 2.70 bits per heavy atom. The average Bonchev–Trinajstić information content (AvgIpc) is 2.46. The summed E-state index contributed by atoms with van der Waals surface area (Å²) in [5, 5.41) is 10.8. The molecule has 6 heteroatoms. The van der Waals surface area contributed by atoms with E-state index in [1.807, 2.05) is 24.3 Å². The van der Waals surface area contributed by atoms with Crippen LogP contribution in [0, 0.1) is 10.1 Å². The maximum Gasteiger partial charge on any atom is 0.270 e. The van der Waals surface area contributed by atoms with E-state index in [-0.39, 0.29) is 5.69 Å². The molecule has 104 valence electrons. The van der Waals surface area contributed by atoms with Gasteiger partial charge in [0, 0.05) is 34.0 Å². The smallest absolute Gasteiger partial charge is 0.270 e. The molecule has 0 amide bonds. The molecule has 2 rings (SSSR count). The number of para-hydroxylation sites is 1. The van der Waals surface area contributed by atoms with Crippen LogP contribution in [0.15, 0.2) is 47.4 Å². The number of hydrogen-bond donors (Lipinski definition) is 1. The molecule has 0 heterocycles. The van der Waals surface area contributed by atoms with Gasteiger partial charge in [-0.1, -0.05) is 12.1 Å². The van der Waals surface area contributed by atoms with E-state index in [0.29, 0.717) is 17.2 Å². The van der Waals surface area contributed by atoms with Crippen molar-refractivity contribution in [3.63, 3.8) is 0 Å². The lowest BCUT2D eigenvalue weighted by molar-refractivity contribution is -0.384. The van der Waals surface area contributed by atoms with Crippen molar-refractivity contribution in [2.45, 2.75) is 10.6 Å². The summed E-state index contributed by atoms with van der Waals surface area (Å²) in [6, 6.07) is 12.1. The van der Waals surface area contributed by atoms with Crippen molar-refractivity contribution in [2.24, 2.45) is 0 Å². The van der Waals surface area contributed by atoms with Gasteiger partial charge in [0.1, 0.15) is 5.75 Å². The minimum Gasteiger partial charge on any atom is -0.496 e. The van der Waals surface area contributed by atoms with E-state index >= 15 is 0 Å². The summed E-state index contributed by atoms with van der Waals surface area (Å²) in [5.41, 5.74) is 7.40. The summed E-state index contributed by atoms with van der Waals surface area (Å²) in [6.07, 6.45) is 0. The first-order valence-electron chi connectivity index (χ1n) is 5.90. The lowest BCUT2D eigenvalue weighted by Crippen LogP contribution is -1.95. The summed E-state index contributed by atoms with van der Waals surface area (Å²) in [7, 11) is 1.55. The number of anilines is 1. The molecule has 2 aromatic rings. The summed E-state index contributed by atoms with van der Waals surface area (Å²) >= 11 is 1.52. The Labute approximate surface area is 120 Å². The number of nitrogen functional groups attached to an aromatic ring is 1. The third kappa shape index (κ3) is 3.21. The number of nitro groups is 1. The average molecular weight is 290 g/mol. The highest BCUT2D eigenvalue weighted by Crippen LogP contribution is 2.32. The Bertz CT molecular complexity index is 632. The predicted octanol–water partition coefficient (Wildman–Crippen LogP) is 3.48. The van der Waals surface area contributed by atoms with Crippen LogP contribution in [0.25, 0.3) is 0 Å². The Morgan fingerprint density at radius 2 is 2.05 bits per heavy atom. The van der Waals surface area contributed by atoms with E-state index < -0.39 is 4.92 Å². The van der Waals surface area contributed by atoms with Crippen molar-refractivity contribution in [3.05, 3.63) is 58.1 Å². The fourth-order valence-corrected chi connectivity index (χ4v) is 2.70. The van der Waals surface area contributed by atoms with Crippen molar-refractivity contribution < 1.29 is 9.66 Å². The fraction of sp³-hybridized carbons (Fsp3) is 0.143. The second-order valence-electron chi connectivity index (χ2n) is 4.08. The lowest BCUT2D eigenvalue weighted by atomic mass is 10.2. The summed E-state index contributed by atoms with van der Waals surface area (Å²) in [6.45, 7) is 0. The molecule has 0 radical (unpaired) electrons. The minimum absolute atomic E-state index is 0.0578. The van der Waals surface area contributed by atoms with Gasteiger partial charge in [-0.25, -0.2) is 0 Å². The molecule has 0 aliphatic heterocycles. The number of non-ortho nitro benzene ring substituents is 1. The van der Waals surface area contributed by atoms with E-state index in [2.05, 4.69) is 0 Å². The maximum absolute atomic E-state index is 10.8. The van der Waals surface area contributed by atoms with Crippen molar-refractivity contribution >= 4 is 23.1 Å². The van der Waals surface area contributed by atoms with Crippen molar-refractivity contribution in [2.75, 3.05) is 12.8 Å². The summed E-state index contributed by atoms with van der Waals surface area (Å²) < 4.78 is 5.23. The zero-order valence-electron chi connectivity index (χ0n) is 10.9. The van der Waals surface area contributed by atoms with Crippen molar-refractivity contribution in [1.82, 2.24) is 0 Å². The fourth-order valence-electron chi connectivity index (χ4n) is 1.76. The Kier molecular flexibility index (Phi) is 4.47. The number of nitrogens with zero attached hydrogens (tertiary/aromatic N) is 1. The van der Waals surface area contributed by atoms with Gasteiger partial charge in [-0.2, -0.15) is 0 Å². The second kappa shape index (κ2) is 6.29. The zero-order chi connectivity index (χ0) is 14.5. The SMILES string of the molecule is COc1ccc([N+](=O)[O-])cc1CSc1ccccc1N. The highest BCUT2D eigenvalue weighted by molar-refractivity contribution is 7.98. The molecule has 0 spiro atoms. The number of nitro benzene ring substituents is 1. The van der Waals surface area contributed by atoms with Gasteiger partial charge < -0.3 is 10.5 Å². The van der Waals surface area contributed by atoms with Crippen molar-refractivity contribution in [1.29, 1.82) is 0 Å². The first-order valence-corrected chi connectivity index (χ1v) is 6.89. The van der Waals surface area contributed by atoms with Gasteiger partial charge in [0.2, 0.25) is 0 Å². The molecule has 0 aliphatic carbocycles. The molecule has 0 saturated carbocycles. The number of hydrogen-bond acceptors (Lipinski definition) is 5. The molecule has 2 aromatic carbocycles. The molecule has 0 atom stereocenters. The predicted molar refractivity (Wildman–Crippen MR) is 80.1 cm³/mol. The van der Waals surface area contributed by atoms with Crippen LogP contribution in [-0.4, -0.2) is 12.0 Å². The monoisotopic (exact) mass is 290 g/mol. The van der Waals surface area contributed by atoms with Crippen LogP contribution in [-0.2, 0) is 5.75 Å². The van der Waals surface area contributed by atoms with Gasteiger partial charge in [0.25, 0.3) is 5.69 Å². The van der Waals surface area contributed by atoms with Gasteiger partial charge in [-0.05, 0) is 18.2 Å². The van der Waals surface area contributed by atoms with Gasteiger partial charge in [0.15, 0.2) is 0 Å². The molecule has 20 heavy (non-hydrogen) atoms. The van der Waals surface area contributed by atoms with Crippen LogP contribution in [0.2, 0.25) is 0 Å². The number of methoxy groups -OCH3 is 1. The van der Waals surface area contributed by atoms with Gasteiger partial charge in [-0.15, -0.1) is 11.8 Å². The molecule has 5 nitrogen and oxygen atoms in total. The number of ether oxygens (including phenoxy) is 1. The number of rotatable bonds is 5. The van der Waals surface area contributed by atoms with Crippen LogP contribution in [0.4, 0.5) is 11.4 Å². The third-order valence-corrected chi connectivity index (χ3v) is 3.92. The number of nitrogens with two attached hydrogens (primary N) is 1. The Morgan fingerprint density at radius 1 is 1.30 bits per heavy atom. The standard InChI is InChI=1S/C14H14N2O3S/c1-19-13-7-6-11(16(17)18)8-10(13)9-20-14-5-3-2-4-12(14)15/h2-8H,9,15H2,1H3. The van der Waals surface area contributed by atoms with Gasteiger partial charge in [-0.3, -0.25) is 10.1 Å². The minimum atomic E-state index is -0.412. The molecule has 2 N–H and O–H groups in total. The normalized spacial score (nSPS) is 10.2. The molecule has 0 saturated heterocycles. The Balaban J connectivity index is 2.22. The summed E-state index contributed by atoms with van der Waals surface area (Å²) in [5.74, 6) is 1.19. The highest BCUT2D eigenvalue weighted by Gasteiger charge is 2.12. The molecule has 0 fully saturated rings. The van der Waals surface area contributed by atoms with Crippen LogP contribution in [0.5, 0.6) is 5.75 Å². The molecular formula is C14H14N2O3S. The zero-order valence-corrected chi connectivity index (χ0v) is 11.7. The highest BCUT2D eigenvalue weighted by atomic mass is 32.2. The third-order valence-electron chi connectivity index (χ3n) is 2.78. The first-order chi connectivity index (χ1) is 9.61. The molecule has 0 aliphatic rings. The lowest BCUT2D eigenvalue weighted by Gasteiger charge is -2.09. The Hall–Kier alpha value is -2.21. The van der Waals surface area contributed by atoms with Crippen molar-refractivity contribution in [3.8, 4) is 5.75 Å². The van der Waals surface area contributed by atoms with Crippen LogP contribution < -0.4 is 10.5 Å². The second-order valence-corrected chi connectivity index (χ2v) is 5.10. The van der Waals surface area contributed by atoms with E-state index in [1.54, 1.807) is 13.2 Å². The first kappa shape index (κ1) is 14.2. The van der Waals surface area contributed by atoms with Crippen LogP contribution in [0.1, 0.15) is 5.56 Å². The molecular weight excluding hydrogens is 276 g/mol. The van der Waals surface area contributed by atoms with E-state index in [4.69, 9.17) is 10.5 Å². The topological polar surface area (TPSA) is 78.4 Å². The van der Waals surface area contributed by atoms with E-state index in [0.717, 1.165) is 10.5 Å². The quantitative estimate of drug-likeness (QED) is 0.395. The largest absolute Gasteiger partial charge is 0.496 e. The maximum atomic E-state index is 10.8. The summed E-state index contributed by atoms with van der Waals surface area (Å²) in [4.78, 5) is 11.4. The van der Waals surface area contributed by atoms with E-state index in [1.165, 1.54) is 23.9 Å². The van der Waals surface area contributed by atoms with Crippen LogP contribution >= 0.6 is 11.8 Å². The molecule has 0 unspecified atom stereocenters. The van der Waals surface area contributed by atoms with E-state index in [9.17, 15) is 10.1 Å². The van der Waals surface area contributed by atoms with Crippen LogP contribution in [0.3, 0.4) is 0 Å². The number of thioether (sulfide) groups is 1. The van der Waals surface area contributed by atoms with Gasteiger partial charge >= 0.3 is 0 Å². The number of benzene rings is 2. The molecule has 0 bridgehead atoms. The van der Waals surface area contributed by atoms with Gasteiger partial charge in [0.05, 0.1) is 12.0 Å².